The summed E-state index contributed by atoms with van der Waals surface area (Å²) >= 11 is 0. The maximum absolute atomic E-state index is 10.5. The van der Waals surface area contributed by atoms with Gasteiger partial charge >= 0.3 is 5.97 Å². The maximum Gasteiger partial charge on any atom is 0.320 e. The topological polar surface area (TPSA) is 84.6 Å². The summed E-state index contributed by atoms with van der Waals surface area (Å²) in [6.07, 6.45) is 2.65. The Labute approximate surface area is 83.6 Å². The molecule has 0 amide bonds. The fraction of sp³-hybridized carbons (Fsp3) is 0.889. The van der Waals surface area contributed by atoms with Gasteiger partial charge < -0.3 is 20.9 Å². The number of carboxylic acids is 1. The smallest absolute Gasteiger partial charge is 0.320 e. The van der Waals surface area contributed by atoms with E-state index in [-0.39, 0.29) is 12.1 Å². The quantitative estimate of drug-likeness (QED) is 0.575. The van der Waals surface area contributed by atoms with Crippen LogP contribution in [0, 0.1) is 0 Å². The summed E-state index contributed by atoms with van der Waals surface area (Å²) in [6.45, 7) is 0.785. The fourth-order valence-electron chi connectivity index (χ4n) is 1.70. The molecular formula is C9H18N2O3. The van der Waals surface area contributed by atoms with E-state index >= 15 is 0 Å². The number of carbonyl (C=O) groups is 1. The number of ether oxygens (including phenoxy) is 1. The van der Waals surface area contributed by atoms with Crippen molar-refractivity contribution in [2.75, 3.05) is 13.7 Å². The highest BCUT2D eigenvalue weighted by Crippen LogP contribution is 2.13. The lowest BCUT2D eigenvalue weighted by Gasteiger charge is -2.29. The molecule has 0 aromatic heterocycles. The van der Waals surface area contributed by atoms with E-state index < -0.39 is 12.0 Å². The van der Waals surface area contributed by atoms with Gasteiger partial charge in [0.25, 0.3) is 0 Å². The molecule has 0 aromatic carbocycles. The summed E-state index contributed by atoms with van der Waals surface area (Å²) in [5, 5.41) is 11.9. The van der Waals surface area contributed by atoms with E-state index in [9.17, 15) is 4.79 Å². The van der Waals surface area contributed by atoms with Gasteiger partial charge in [-0.2, -0.15) is 0 Å². The molecular weight excluding hydrogens is 184 g/mol. The number of carboxylic acid groups (broad SMARTS) is 1. The van der Waals surface area contributed by atoms with Gasteiger partial charge in [-0.3, -0.25) is 4.79 Å². The van der Waals surface area contributed by atoms with Crippen molar-refractivity contribution in [3.05, 3.63) is 0 Å². The predicted molar refractivity (Wildman–Crippen MR) is 52.0 cm³/mol. The van der Waals surface area contributed by atoms with E-state index in [2.05, 4.69) is 5.32 Å². The molecule has 0 radical (unpaired) electrons. The standard InChI is InChI=1S/C9H18N2O3/c1-14-7-3-2-6(11-5-7)4-8(10)9(12)13/h6-8,11H,2-5,10H2,1H3,(H,12,13). The normalized spacial score (nSPS) is 29.9. The van der Waals surface area contributed by atoms with E-state index in [1.165, 1.54) is 0 Å². The Balaban J connectivity index is 2.25. The summed E-state index contributed by atoms with van der Waals surface area (Å²) in [4.78, 5) is 10.5. The summed E-state index contributed by atoms with van der Waals surface area (Å²) in [6, 6.07) is -0.543. The number of rotatable bonds is 4. The molecule has 0 saturated carbocycles. The molecule has 14 heavy (non-hydrogen) atoms. The van der Waals surface area contributed by atoms with Gasteiger partial charge in [-0.25, -0.2) is 0 Å². The molecule has 1 heterocycles. The lowest BCUT2D eigenvalue weighted by molar-refractivity contribution is -0.138. The number of methoxy groups -OCH3 is 1. The minimum absolute atomic E-state index is 0.215. The van der Waals surface area contributed by atoms with Gasteiger partial charge in [-0.1, -0.05) is 0 Å². The number of aliphatic carboxylic acids is 1. The van der Waals surface area contributed by atoms with Crippen molar-refractivity contribution in [2.45, 2.75) is 37.5 Å². The molecule has 0 spiro atoms. The minimum Gasteiger partial charge on any atom is -0.480 e. The van der Waals surface area contributed by atoms with Crippen LogP contribution in [0.15, 0.2) is 0 Å². The van der Waals surface area contributed by atoms with Gasteiger partial charge in [0.05, 0.1) is 6.10 Å². The van der Waals surface area contributed by atoms with Gasteiger partial charge in [0.1, 0.15) is 6.04 Å². The van der Waals surface area contributed by atoms with E-state index in [0.717, 1.165) is 19.4 Å². The second kappa shape index (κ2) is 5.29. The Morgan fingerprint density at radius 1 is 1.71 bits per heavy atom. The Bertz CT molecular complexity index is 190. The van der Waals surface area contributed by atoms with Crippen LogP contribution in [0.2, 0.25) is 0 Å². The lowest BCUT2D eigenvalue weighted by atomic mass is 9.97. The van der Waals surface area contributed by atoms with E-state index in [1.807, 2.05) is 0 Å². The Morgan fingerprint density at radius 3 is 2.86 bits per heavy atom. The first-order chi connectivity index (χ1) is 6.63. The highest BCUT2D eigenvalue weighted by molar-refractivity contribution is 5.73. The fourth-order valence-corrected chi connectivity index (χ4v) is 1.70. The number of nitrogens with one attached hydrogen (secondary N) is 1. The van der Waals surface area contributed by atoms with Crippen LogP contribution in [-0.4, -0.2) is 42.9 Å². The van der Waals surface area contributed by atoms with Crippen LogP contribution in [0.1, 0.15) is 19.3 Å². The van der Waals surface area contributed by atoms with Crippen LogP contribution in [0.25, 0.3) is 0 Å². The molecule has 1 aliphatic rings. The number of nitrogens with two attached hydrogens (primary N) is 1. The van der Waals surface area contributed by atoms with Crippen molar-refractivity contribution in [2.24, 2.45) is 5.73 Å². The first-order valence-corrected chi connectivity index (χ1v) is 4.88. The van der Waals surface area contributed by atoms with Crippen molar-refractivity contribution in [3.8, 4) is 0 Å². The molecule has 0 bridgehead atoms. The summed E-state index contributed by atoms with van der Waals surface area (Å²) in [7, 11) is 1.69. The predicted octanol–water partition coefficient (Wildman–Crippen LogP) is -0.445. The molecule has 5 nitrogen and oxygen atoms in total. The first kappa shape index (κ1) is 11.4. The molecule has 1 saturated heterocycles. The zero-order valence-corrected chi connectivity index (χ0v) is 8.40. The summed E-state index contributed by atoms with van der Waals surface area (Å²) in [5.74, 6) is -0.930. The Hall–Kier alpha value is -0.650. The zero-order valence-electron chi connectivity index (χ0n) is 8.40. The highest BCUT2D eigenvalue weighted by Gasteiger charge is 2.23. The Morgan fingerprint density at radius 2 is 2.43 bits per heavy atom. The van der Waals surface area contributed by atoms with Crippen molar-refractivity contribution in [3.63, 3.8) is 0 Å². The maximum atomic E-state index is 10.5. The second-order valence-corrected chi connectivity index (χ2v) is 3.72. The monoisotopic (exact) mass is 202 g/mol. The van der Waals surface area contributed by atoms with Crippen LogP contribution in [0.5, 0.6) is 0 Å². The van der Waals surface area contributed by atoms with E-state index in [1.54, 1.807) is 7.11 Å². The third kappa shape index (κ3) is 3.25. The van der Waals surface area contributed by atoms with Crippen molar-refractivity contribution in [1.82, 2.24) is 5.32 Å². The molecule has 0 aliphatic carbocycles. The van der Waals surface area contributed by atoms with Gasteiger partial charge in [0.2, 0.25) is 0 Å². The van der Waals surface area contributed by atoms with Crippen molar-refractivity contribution >= 4 is 5.97 Å². The number of hydrogen-bond acceptors (Lipinski definition) is 4. The molecule has 3 unspecified atom stereocenters. The minimum atomic E-state index is -0.930. The summed E-state index contributed by atoms with van der Waals surface area (Å²) < 4.78 is 5.18. The van der Waals surface area contributed by atoms with Gasteiger partial charge in [0, 0.05) is 19.7 Å². The van der Waals surface area contributed by atoms with Crippen molar-refractivity contribution in [1.29, 1.82) is 0 Å². The number of hydrogen-bond donors (Lipinski definition) is 3. The van der Waals surface area contributed by atoms with Gasteiger partial charge in [-0.15, -0.1) is 0 Å². The summed E-state index contributed by atoms with van der Waals surface area (Å²) in [5.41, 5.74) is 5.44. The highest BCUT2D eigenvalue weighted by atomic mass is 16.5. The third-order valence-corrected chi connectivity index (χ3v) is 2.66. The van der Waals surface area contributed by atoms with Gasteiger partial charge in [0.15, 0.2) is 0 Å². The molecule has 3 atom stereocenters. The van der Waals surface area contributed by atoms with Crippen LogP contribution in [-0.2, 0) is 9.53 Å². The molecule has 0 aromatic rings. The van der Waals surface area contributed by atoms with E-state index in [0.29, 0.717) is 6.42 Å². The average Bonchev–Trinajstić information content (AvgIpc) is 2.19. The van der Waals surface area contributed by atoms with Crippen molar-refractivity contribution < 1.29 is 14.6 Å². The van der Waals surface area contributed by atoms with E-state index in [4.69, 9.17) is 15.6 Å². The number of piperidine rings is 1. The average molecular weight is 202 g/mol. The van der Waals surface area contributed by atoms with Crippen LogP contribution >= 0.6 is 0 Å². The van der Waals surface area contributed by atoms with Crippen LogP contribution in [0.4, 0.5) is 0 Å². The molecule has 1 aliphatic heterocycles. The third-order valence-electron chi connectivity index (χ3n) is 2.66. The largest absolute Gasteiger partial charge is 0.480 e. The molecule has 4 N–H and O–H groups in total. The zero-order chi connectivity index (χ0) is 10.6. The molecule has 1 fully saturated rings. The lowest BCUT2D eigenvalue weighted by Crippen LogP contribution is -2.46. The molecule has 5 heteroatoms. The molecule has 82 valence electrons. The SMILES string of the molecule is COC1CCC(CC(N)C(=O)O)NC1. The van der Waals surface area contributed by atoms with Crippen LogP contribution in [0.3, 0.4) is 0 Å². The first-order valence-electron chi connectivity index (χ1n) is 4.88. The van der Waals surface area contributed by atoms with Crippen LogP contribution < -0.4 is 11.1 Å². The Kier molecular flexibility index (Phi) is 4.31. The molecule has 1 rings (SSSR count). The second-order valence-electron chi connectivity index (χ2n) is 3.72. The van der Waals surface area contributed by atoms with Gasteiger partial charge in [-0.05, 0) is 19.3 Å².